The number of hydrogen-bond donors (Lipinski definition) is 2. The molecular formula is C13H18ClFN2O. The predicted molar refractivity (Wildman–Crippen MR) is 72.4 cm³/mol. The molecule has 1 aromatic rings. The van der Waals surface area contributed by atoms with E-state index in [1.165, 1.54) is 6.07 Å². The summed E-state index contributed by atoms with van der Waals surface area (Å²) in [4.78, 5) is 12.0. The van der Waals surface area contributed by atoms with Gasteiger partial charge in [-0.2, -0.15) is 0 Å². The lowest BCUT2D eigenvalue weighted by Gasteiger charge is -2.22. The Morgan fingerprint density at radius 3 is 2.56 bits per heavy atom. The van der Waals surface area contributed by atoms with Crippen molar-refractivity contribution in [1.29, 1.82) is 0 Å². The third-order valence-electron chi connectivity index (χ3n) is 3.32. The minimum absolute atomic E-state index is 0. The zero-order chi connectivity index (χ0) is 12.5. The molecule has 3 nitrogen and oxygen atoms in total. The monoisotopic (exact) mass is 272 g/mol. The van der Waals surface area contributed by atoms with Gasteiger partial charge in [-0.25, -0.2) is 4.39 Å². The van der Waals surface area contributed by atoms with Crippen molar-refractivity contribution < 1.29 is 9.18 Å². The molecule has 5 heteroatoms. The van der Waals surface area contributed by atoms with E-state index >= 15 is 0 Å². The summed E-state index contributed by atoms with van der Waals surface area (Å²) in [5.41, 5.74) is 6.20. The van der Waals surface area contributed by atoms with Crippen LogP contribution in [0.5, 0.6) is 0 Å². The largest absolute Gasteiger partial charge is 0.322 e. The molecule has 0 atom stereocenters. The van der Waals surface area contributed by atoms with Crippen molar-refractivity contribution in [2.24, 2.45) is 5.73 Å². The average molecular weight is 273 g/mol. The fourth-order valence-electron chi connectivity index (χ4n) is 2.20. The molecule has 0 bridgehead atoms. The molecule has 1 fully saturated rings. The van der Waals surface area contributed by atoms with E-state index in [0.29, 0.717) is 12.8 Å². The van der Waals surface area contributed by atoms with Crippen molar-refractivity contribution in [3.8, 4) is 0 Å². The smallest absolute Gasteiger partial charge is 0.244 e. The van der Waals surface area contributed by atoms with Crippen LogP contribution in [0.15, 0.2) is 18.2 Å². The molecule has 0 aromatic heterocycles. The highest BCUT2D eigenvalue weighted by atomic mass is 35.5. The van der Waals surface area contributed by atoms with Gasteiger partial charge < -0.3 is 11.1 Å². The Morgan fingerprint density at radius 2 is 2.00 bits per heavy atom. The number of aryl methyl sites for hydroxylation is 1. The zero-order valence-electron chi connectivity index (χ0n) is 10.3. The van der Waals surface area contributed by atoms with E-state index in [2.05, 4.69) is 5.32 Å². The molecule has 1 aliphatic rings. The van der Waals surface area contributed by atoms with Gasteiger partial charge in [0.15, 0.2) is 0 Å². The van der Waals surface area contributed by atoms with E-state index < -0.39 is 11.4 Å². The van der Waals surface area contributed by atoms with Crippen LogP contribution in [0, 0.1) is 12.7 Å². The van der Waals surface area contributed by atoms with Crippen molar-refractivity contribution in [2.45, 2.75) is 38.1 Å². The predicted octanol–water partition coefficient (Wildman–Crippen LogP) is 2.77. The van der Waals surface area contributed by atoms with Gasteiger partial charge >= 0.3 is 0 Å². The first kappa shape index (κ1) is 14.9. The van der Waals surface area contributed by atoms with E-state index in [-0.39, 0.29) is 24.0 Å². The lowest BCUT2D eigenvalue weighted by atomic mass is 9.98. The van der Waals surface area contributed by atoms with E-state index in [0.717, 1.165) is 18.4 Å². The summed E-state index contributed by atoms with van der Waals surface area (Å²) in [7, 11) is 0. The number of nitrogens with one attached hydrogen (secondary N) is 1. The van der Waals surface area contributed by atoms with E-state index in [1.807, 2.05) is 0 Å². The van der Waals surface area contributed by atoms with Crippen LogP contribution in [-0.2, 0) is 4.79 Å². The first-order valence-corrected chi connectivity index (χ1v) is 5.88. The highest BCUT2D eigenvalue weighted by Crippen LogP contribution is 2.28. The molecule has 0 heterocycles. The van der Waals surface area contributed by atoms with Crippen molar-refractivity contribution in [1.82, 2.24) is 0 Å². The van der Waals surface area contributed by atoms with Gasteiger partial charge in [0, 0.05) is 0 Å². The number of anilines is 1. The fraction of sp³-hybridized carbons (Fsp3) is 0.462. The quantitative estimate of drug-likeness (QED) is 0.870. The second kappa shape index (κ2) is 5.67. The number of benzene rings is 1. The minimum atomic E-state index is -0.822. The van der Waals surface area contributed by atoms with Crippen molar-refractivity contribution in [2.75, 3.05) is 5.32 Å². The van der Waals surface area contributed by atoms with Gasteiger partial charge in [-0.15, -0.1) is 12.4 Å². The maximum Gasteiger partial charge on any atom is 0.244 e. The van der Waals surface area contributed by atoms with Crippen LogP contribution in [0.3, 0.4) is 0 Å². The Labute approximate surface area is 112 Å². The average Bonchev–Trinajstić information content (AvgIpc) is 2.71. The third-order valence-corrected chi connectivity index (χ3v) is 3.32. The number of nitrogens with two attached hydrogens (primary N) is 1. The number of rotatable bonds is 2. The molecule has 18 heavy (non-hydrogen) atoms. The maximum atomic E-state index is 13.6. The molecule has 1 aliphatic carbocycles. The molecule has 2 rings (SSSR count). The second-order valence-electron chi connectivity index (χ2n) is 4.80. The Morgan fingerprint density at radius 1 is 1.39 bits per heavy atom. The maximum absolute atomic E-state index is 13.6. The Balaban J connectivity index is 0.00000162. The molecule has 1 aromatic carbocycles. The van der Waals surface area contributed by atoms with Gasteiger partial charge in [0.1, 0.15) is 5.82 Å². The molecule has 1 saturated carbocycles. The molecule has 0 aliphatic heterocycles. The van der Waals surface area contributed by atoms with E-state index in [1.54, 1.807) is 19.1 Å². The first-order chi connectivity index (χ1) is 8.01. The summed E-state index contributed by atoms with van der Waals surface area (Å²) >= 11 is 0. The third kappa shape index (κ3) is 3.00. The van der Waals surface area contributed by atoms with Gasteiger partial charge in [0.05, 0.1) is 11.2 Å². The highest BCUT2D eigenvalue weighted by molar-refractivity contribution is 5.98. The molecule has 0 radical (unpaired) electrons. The number of carbonyl (C=O) groups excluding carboxylic acids is 1. The number of carbonyl (C=O) groups is 1. The molecular weight excluding hydrogens is 255 g/mol. The van der Waals surface area contributed by atoms with Gasteiger partial charge in [-0.1, -0.05) is 18.9 Å². The van der Waals surface area contributed by atoms with Crippen LogP contribution in [-0.4, -0.2) is 11.4 Å². The molecule has 0 spiro atoms. The van der Waals surface area contributed by atoms with Crippen molar-refractivity contribution in [3.63, 3.8) is 0 Å². The Bertz CT molecular complexity index is 445. The number of hydrogen-bond acceptors (Lipinski definition) is 2. The molecule has 0 unspecified atom stereocenters. The Kier molecular flexibility index (Phi) is 4.71. The van der Waals surface area contributed by atoms with Crippen molar-refractivity contribution in [3.05, 3.63) is 29.6 Å². The first-order valence-electron chi connectivity index (χ1n) is 5.88. The van der Waals surface area contributed by atoms with E-state index in [4.69, 9.17) is 5.73 Å². The SMILES string of the molecule is Cc1ccc(NC(=O)C2(N)CCCC2)c(F)c1.Cl. The molecule has 1 amide bonds. The summed E-state index contributed by atoms with van der Waals surface area (Å²) in [6.45, 7) is 1.80. The van der Waals surface area contributed by atoms with Crippen LogP contribution in [0.4, 0.5) is 10.1 Å². The lowest BCUT2D eigenvalue weighted by molar-refractivity contribution is -0.121. The normalized spacial score (nSPS) is 17.1. The van der Waals surface area contributed by atoms with Crippen LogP contribution in [0.1, 0.15) is 31.2 Å². The number of amides is 1. The summed E-state index contributed by atoms with van der Waals surface area (Å²) in [5, 5.41) is 2.58. The van der Waals surface area contributed by atoms with E-state index in [9.17, 15) is 9.18 Å². The standard InChI is InChI=1S/C13H17FN2O.ClH/c1-9-4-5-11(10(14)8-9)16-12(17)13(15)6-2-3-7-13;/h4-5,8H,2-3,6-7,15H2,1H3,(H,16,17);1H. The van der Waals surface area contributed by atoms with Crippen LogP contribution in [0.2, 0.25) is 0 Å². The summed E-state index contributed by atoms with van der Waals surface area (Å²) < 4.78 is 13.6. The van der Waals surface area contributed by atoms with Crippen molar-refractivity contribution >= 4 is 24.0 Å². The topological polar surface area (TPSA) is 55.1 Å². The van der Waals surface area contributed by atoms with Gasteiger partial charge in [-0.05, 0) is 37.5 Å². The second-order valence-corrected chi connectivity index (χ2v) is 4.80. The fourth-order valence-corrected chi connectivity index (χ4v) is 2.20. The van der Waals surface area contributed by atoms with Gasteiger partial charge in [0.25, 0.3) is 0 Å². The summed E-state index contributed by atoms with van der Waals surface area (Å²) in [6, 6.07) is 4.73. The van der Waals surface area contributed by atoms with Crippen LogP contribution < -0.4 is 11.1 Å². The lowest BCUT2D eigenvalue weighted by Crippen LogP contribution is -2.48. The minimum Gasteiger partial charge on any atom is -0.322 e. The number of halogens is 2. The zero-order valence-corrected chi connectivity index (χ0v) is 11.1. The van der Waals surface area contributed by atoms with Gasteiger partial charge in [0.2, 0.25) is 5.91 Å². The highest BCUT2D eigenvalue weighted by Gasteiger charge is 2.37. The molecule has 3 N–H and O–H groups in total. The summed E-state index contributed by atoms with van der Waals surface area (Å²) in [5.74, 6) is -0.697. The molecule has 0 saturated heterocycles. The Hall–Kier alpha value is -1.13. The molecule has 100 valence electrons. The van der Waals surface area contributed by atoms with Crippen LogP contribution in [0.25, 0.3) is 0 Å². The summed E-state index contributed by atoms with van der Waals surface area (Å²) in [6.07, 6.45) is 3.26. The van der Waals surface area contributed by atoms with Crippen LogP contribution >= 0.6 is 12.4 Å². The van der Waals surface area contributed by atoms with Gasteiger partial charge in [-0.3, -0.25) is 4.79 Å².